The van der Waals surface area contributed by atoms with Gasteiger partial charge in [0.15, 0.2) is 5.58 Å². The molecule has 3 aromatic rings. The number of rotatable bonds is 5. The minimum atomic E-state index is -0.556. The minimum Gasteiger partial charge on any atom is -0.492 e. The third-order valence-electron chi connectivity index (χ3n) is 3.34. The Kier molecular flexibility index (Phi) is 4.14. The van der Waals surface area contributed by atoms with Crippen LogP contribution in [0.5, 0.6) is 5.75 Å². The number of para-hydroxylation sites is 4. The Labute approximate surface area is 132 Å². The van der Waals surface area contributed by atoms with Crippen molar-refractivity contribution in [1.29, 1.82) is 0 Å². The molecule has 0 atom stereocenters. The lowest BCUT2D eigenvalue weighted by molar-refractivity contribution is -0.116. The molecule has 6 heteroatoms. The fourth-order valence-corrected chi connectivity index (χ4v) is 2.35. The Morgan fingerprint density at radius 3 is 2.74 bits per heavy atom. The van der Waals surface area contributed by atoms with E-state index < -0.39 is 5.76 Å². The van der Waals surface area contributed by atoms with Crippen LogP contribution in [0.4, 0.5) is 5.69 Å². The van der Waals surface area contributed by atoms with E-state index in [9.17, 15) is 9.59 Å². The van der Waals surface area contributed by atoms with Gasteiger partial charge in [0, 0.05) is 0 Å². The first-order valence-corrected chi connectivity index (χ1v) is 7.29. The molecular formula is C17H16N2O4. The molecule has 6 nitrogen and oxygen atoms in total. The first-order valence-electron chi connectivity index (χ1n) is 7.29. The zero-order valence-electron chi connectivity index (χ0n) is 12.6. The Hall–Kier alpha value is -3.02. The van der Waals surface area contributed by atoms with Crippen molar-refractivity contribution in [3.05, 3.63) is 59.1 Å². The maximum Gasteiger partial charge on any atom is 0.420 e. The highest BCUT2D eigenvalue weighted by atomic mass is 16.5. The zero-order valence-corrected chi connectivity index (χ0v) is 12.6. The smallest absolute Gasteiger partial charge is 0.420 e. The van der Waals surface area contributed by atoms with Gasteiger partial charge < -0.3 is 14.5 Å². The van der Waals surface area contributed by atoms with Crippen LogP contribution in [0.1, 0.15) is 6.92 Å². The fraction of sp³-hybridized carbons (Fsp3) is 0.176. The molecule has 0 radical (unpaired) electrons. The summed E-state index contributed by atoms with van der Waals surface area (Å²) in [5.74, 6) is -0.294. The third-order valence-corrected chi connectivity index (χ3v) is 3.34. The van der Waals surface area contributed by atoms with E-state index in [-0.39, 0.29) is 12.5 Å². The lowest BCUT2D eigenvalue weighted by Gasteiger charge is -2.11. The number of benzene rings is 2. The topological polar surface area (TPSA) is 73.5 Å². The number of fused-ring (bicyclic) bond motifs is 1. The molecule has 0 spiro atoms. The second kappa shape index (κ2) is 6.39. The summed E-state index contributed by atoms with van der Waals surface area (Å²) in [6.07, 6.45) is 0. The number of carbonyl (C=O) groups excluding carboxylic acids is 1. The molecule has 118 valence electrons. The number of nitrogens with zero attached hydrogens (tertiary/aromatic N) is 1. The van der Waals surface area contributed by atoms with Gasteiger partial charge in [-0.05, 0) is 31.2 Å². The maximum absolute atomic E-state index is 12.3. The molecule has 0 aliphatic carbocycles. The zero-order chi connectivity index (χ0) is 16.2. The van der Waals surface area contributed by atoms with E-state index in [1.165, 1.54) is 4.57 Å². The van der Waals surface area contributed by atoms with Crippen molar-refractivity contribution in [2.24, 2.45) is 0 Å². The monoisotopic (exact) mass is 312 g/mol. The molecule has 0 saturated heterocycles. The molecule has 1 N–H and O–H groups in total. The van der Waals surface area contributed by atoms with Gasteiger partial charge >= 0.3 is 5.76 Å². The van der Waals surface area contributed by atoms with Crippen molar-refractivity contribution in [3.63, 3.8) is 0 Å². The summed E-state index contributed by atoms with van der Waals surface area (Å²) < 4.78 is 11.9. The van der Waals surface area contributed by atoms with Crippen LogP contribution in [0.3, 0.4) is 0 Å². The number of ether oxygens (including phenoxy) is 1. The predicted octanol–water partition coefficient (Wildman–Crippen LogP) is 2.63. The second-order valence-corrected chi connectivity index (χ2v) is 4.90. The van der Waals surface area contributed by atoms with Gasteiger partial charge in [0.1, 0.15) is 12.3 Å². The Bertz CT molecular complexity index is 895. The van der Waals surface area contributed by atoms with Crippen molar-refractivity contribution in [2.45, 2.75) is 13.5 Å². The molecule has 1 aromatic heterocycles. The highest BCUT2D eigenvalue weighted by Crippen LogP contribution is 2.23. The van der Waals surface area contributed by atoms with Crippen molar-refractivity contribution >= 4 is 22.7 Å². The number of amides is 1. The summed E-state index contributed by atoms with van der Waals surface area (Å²) in [6, 6.07) is 14.1. The van der Waals surface area contributed by atoms with E-state index in [1.54, 1.807) is 42.5 Å². The van der Waals surface area contributed by atoms with E-state index in [1.807, 2.05) is 13.0 Å². The average Bonchev–Trinajstić information content (AvgIpc) is 2.85. The standard InChI is InChI=1S/C17H16N2O4/c1-2-22-14-9-5-3-7-12(14)18-16(20)11-19-13-8-4-6-10-15(13)23-17(19)21/h3-10H,2,11H2,1H3,(H,18,20). The number of anilines is 1. The molecule has 0 bridgehead atoms. The number of hydrogen-bond acceptors (Lipinski definition) is 4. The third kappa shape index (κ3) is 3.11. The van der Waals surface area contributed by atoms with Crippen LogP contribution in [-0.4, -0.2) is 17.1 Å². The van der Waals surface area contributed by atoms with Gasteiger partial charge in [-0.2, -0.15) is 0 Å². The normalized spacial score (nSPS) is 10.7. The molecule has 23 heavy (non-hydrogen) atoms. The Balaban J connectivity index is 1.82. The van der Waals surface area contributed by atoms with Gasteiger partial charge in [-0.1, -0.05) is 24.3 Å². The fourth-order valence-electron chi connectivity index (χ4n) is 2.35. The van der Waals surface area contributed by atoms with Crippen LogP contribution < -0.4 is 15.8 Å². The van der Waals surface area contributed by atoms with Crippen molar-refractivity contribution < 1.29 is 13.9 Å². The summed E-state index contributed by atoms with van der Waals surface area (Å²) >= 11 is 0. The molecule has 0 fully saturated rings. The van der Waals surface area contributed by atoms with E-state index >= 15 is 0 Å². The number of hydrogen-bond donors (Lipinski definition) is 1. The number of nitrogens with one attached hydrogen (secondary N) is 1. The predicted molar refractivity (Wildman–Crippen MR) is 86.7 cm³/mol. The van der Waals surface area contributed by atoms with Gasteiger partial charge in [0.2, 0.25) is 5.91 Å². The van der Waals surface area contributed by atoms with E-state index in [0.29, 0.717) is 29.1 Å². The number of carbonyl (C=O) groups is 1. The summed E-state index contributed by atoms with van der Waals surface area (Å²) in [4.78, 5) is 24.2. The molecular weight excluding hydrogens is 296 g/mol. The number of oxazole rings is 1. The first-order chi connectivity index (χ1) is 11.2. The van der Waals surface area contributed by atoms with Gasteiger partial charge in [-0.25, -0.2) is 4.79 Å². The molecule has 0 unspecified atom stereocenters. The minimum absolute atomic E-state index is 0.129. The van der Waals surface area contributed by atoms with Crippen LogP contribution >= 0.6 is 0 Å². The van der Waals surface area contributed by atoms with Gasteiger partial charge in [0.05, 0.1) is 17.8 Å². The Morgan fingerprint density at radius 1 is 1.17 bits per heavy atom. The average molecular weight is 312 g/mol. The largest absolute Gasteiger partial charge is 0.492 e. The van der Waals surface area contributed by atoms with Crippen LogP contribution in [0.25, 0.3) is 11.1 Å². The molecule has 1 heterocycles. The highest BCUT2D eigenvalue weighted by Gasteiger charge is 2.13. The van der Waals surface area contributed by atoms with Crippen LogP contribution in [0.2, 0.25) is 0 Å². The van der Waals surface area contributed by atoms with Crippen molar-refractivity contribution in [3.8, 4) is 5.75 Å². The second-order valence-electron chi connectivity index (χ2n) is 4.90. The quantitative estimate of drug-likeness (QED) is 0.786. The summed E-state index contributed by atoms with van der Waals surface area (Å²) in [5.41, 5.74) is 1.62. The highest BCUT2D eigenvalue weighted by molar-refractivity contribution is 5.92. The molecule has 3 rings (SSSR count). The molecule has 0 aliphatic heterocycles. The molecule has 0 saturated carbocycles. The van der Waals surface area contributed by atoms with Crippen LogP contribution in [0, 0.1) is 0 Å². The van der Waals surface area contributed by atoms with E-state index in [4.69, 9.17) is 9.15 Å². The first kappa shape index (κ1) is 14.9. The van der Waals surface area contributed by atoms with Crippen LogP contribution in [0.15, 0.2) is 57.7 Å². The molecule has 1 amide bonds. The van der Waals surface area contributed by atoms with Gasteiger partial charge in [0.25, 0.3) is 0 Å². The van der Waals surface area contributed by atoms with Gasteiger partial charge in [-0.15, -0.1) is 0 Å². The summed E-state index contributed by atoms with van der Waals surface area (Å²) in [6.45, 7) is 2.24. The maximum atomic E-state index is 12.3. The molecule has 0 aliphatic rings. The Morgan fingerprint density at radius 2 is 1.91 bits per heavy atom. The van der Waals surface area contributed by atoms with Gasteiger partial charge in [-0.3, -0.25) is 9.36 Å². The van der Waals surface area contributed by atoms with Crippen LogP contribution in [-0.2, 0) is 11.3 Å². The lowest BCUT2D eigenvalue weighted by atomic mass is 10.3. The summed E-state index contributed by atoms with van der Waals surface area (Å²) in [7, 11) is 0. The van der Waals surface area contributed by atoms with E-state index in [2.05, 4.69) is 5.32 Å². The lowest BCUT2D eigenvalue weighted by Crippen LogP contribution is -2.25. The van der Waals surface area contributed by atoms with Crippen molar-refractivity contribution in [1.82, 2.24) is 4.57 Å². The molecule has 2 aromatic carbocycles. The van der Waals surface area contributed by atoms with Crippen molar-refractivity contribution in [2.75, 3.05) is 11.9 Å². The number of aromatic nitrogens is 1. The van der Waals surface area contributed by atoms with E-state index in [0.717, 1.165) is 0 Å². The SMILES string of the molecule is CCOc1ccccc1NC(=O)Cn1c(=O)oc2ccccc21. The summed E-state index contributed by atoms with van der Waals surface area (Å²) in [5, 5.41) is 2.76.